The van der Waals surface area contributed by atoms with E-state index in [0.717, 1.165) is 67.7 Å². The zero-order valence-corrected chi connectivity index (χ0v) is 18.4. The summed E-state index contributed by atoms with van der Waals surface area (Å²) in [7, 11) is 1.56. The number of hydrogen-bond donors (Lipinski definition) is 1. The van der Waals surface area contributed by atoms with Crippen molar-refractivity contribution in [3.05, 3.63) is 52.5 Å². The molecule has 1 atom stereocenters. The van der Waals surface area contributed by atoms with E-state index in [0.29, 0.717) is 17.1 Å². The number of carbonyl (C=O) groups excluding carboxylic acids is 2. The zero-order chi connectivity index (χ0) is 22.0. The van der Waals surface area contributed by atoms with Gasteiger partial charge in [-0.25, -0.2) is 5.43 Å². The maximum atomic E-state index is 13.2. The van der Waals surface area contributed by atoms with Crippen LogP contribution in [-0.4, -0.2) is 42.1 Å². The predicted molar refractivity (Wildman–Crippen MR) is 118 cm³/mol. The molecule has 31 heavy (non-hydrogen) atoms. The Labute approximate surface area is 182 Å². The van der Waals surface area contributed by atoms with Crippen LogP contribution in [0.1, 0.15) is 76.8 Å². The number of likely N-dealkylation sites (tertiary alicyclic amines) is 1. The highest BCUT2D eigenvalue weighted by atomic mass is 16.5. The highest BCUT2D eigenvalue weighted by Gasteiger charge is 2.32. The van der Waals surface area contributed by atoms with Gasteiger partial charge >= 0.3 is 0 Å². The van der Waals surface area contributed by atoms with Crippen LogP contribution < -0.4 is 10.2 Å². The number of hydrogen-bond acceptors (Lipinski definition) is 5. The molecule has 1 aliphatic heterocycles. The second-order valence-corrected chi connectivity index (χ2v) is 8.28. The van der Waals surface area contributed by atoms with Crippen LogP contribution in [0.3, 0.4) is 0 Å². The number of amides is 2. The van der Waals surface area contributed by atoms with E-state index in [9.17, 15) is 9.59 Å². The lowest BCUT2D eigenvalue weighted by atomic mass is 9.93. The third kappa shape index (κ3) is 4.22. The molecule has 4 rings (SSSR count). The molecule has 1 aliphatic carbocycles. The summed E-state index contributed by atoms with van der Waals surface area (Å²) in [5.74, 6) is 1.46. The number of benzene rings is 1. The Morgan fingerprint density at radius 3 is 2.84 bits per heavy atom. The van der Waals surface area contributed by atoms with Crippen molar-refractivity contribution < 1.29 is 18.7 Å². The Morgan fingerprint density at radius 2 is 2.06 bits per heavy atom. The molecule has 2 aliphatic rings. The summed E-state index contributed by atoms with van der Waals surface area (Å²) < 4.78 is 11.2. The molecule has 0 bridgehead atoms. The van der Waals surface area contributed by atoms with Crippen LogP contribution in [0, 0.1) is 6.92 Å². The average Bonchev–Trinajstić information content (AvgIpc) is 3.14. The molecular formula is C24H29N3O4. The highest BCUT2D eigenvalue weighted by molar-refractivity contribution is 6.07. The van der Waals surface area contributed by atoms with Crippen LogP contribution in [0.25, 0.3) is 0 Å². The van der Waals surface area contributed by atoms with Gasteiger partial charge in [0.2, 0.25) is 0 Å². The van der Waals surface area contributed by atoms with E-state index in [1.807, 2.05) is 11.8 Å². The van der Waals surface area contributed by atoms with Crippen LogP contribution in [0.2, 0.25) is 0 Å². The summed E-state index contributed by atoms with van der Waals surface area (Å²) >= 11 is 0. The number of hydrazone groups is 1. The van der Waals surface area contributed by atoms with Crippen molar-refractivity contribution in [2.75, 3.05) is 13.7 Å². The second-order valence-electron chi connectivity index (χ2n) is 8.28. The smallest absolute Gasteiger partial charge is 0.290 e. The van der Waals surface area contributed by atoms with Crippen molar-refractivity contribution in [3.63, 3.8) is 0 Å². The number of nitrogens with one attached hydrogen (secondary N) is 1. The van der Waals surface area contributed by atoms with E-state index in [2.05, 4.69) is 17.5 Å². The first-order valence-electron chi connectivity index (χ1n) is 10.9. The van der Waals surface area contributed by atoms with Gasteiger partial charge in [0.25, 0.3) is 11.8 Å². The minimum absolute atomic E-state index is 0.0427. The Bertz CT molecular complexity index is 1020. The zero-order valence-electron chi connectivity index (χ0n) is 18.4. The third-order valence-corrected chi connectivity index (χ3v) is 6.21. The molecule has 2 aromatic rings. The Kier molecular flexibility index (Phi) is 6.11. The van der Waals surface area contributed by atoms with Gasteiger partial charge in [0, 0.05) is 35.7 Å². The number of ether oxygens (including phenoxy) is 1. The molecule has 0 saturated carbocycles. The minimum Gasteiger partial charge on any atom is -0.497 e. The van der Waals surface area contributed by atoms with Crippen molar-refractivity contribution in [1.29, 1.82) is 0 Å². The van der Waals surface area contributed by atoms with Crippen LogP contribution in [-0.2, 0) is 6.42 Å². The summed E-state index contributed by atoms with van der Waals surface area (Å²) in [6.45, 7) is 4.77. The number of carbonyl (C=O) groups is 2. The molecule has 1 N–H and O–H groups in total. The molecule has 0 radical (unpaired) electrons. The summed E-state index contributed by atoms with van der Waals surface area (Å²) in [5, 5.41) is 4.41. The first-order valence-corrected chi connectivity index (χ1v) is 10.9. The van der Waals surface area contributed by atoms with Crippen molar-refractivity contribution in [2.24, 2.45) is 5.10 Å². The maximum absolute atomic E-state index is 13.2. The SMILES string of the molecule is COc1cccc(C(=O)N/N=C2\CCCc3oc(C(=O)N4CCCCC4C)c(C)c32)c1. The standard InChI is InChI=1S/C24H29N3O4/c1-15-8-4-5-13-27(15)24(29)22-16(2)21-19(11-7-12-20(21)31-22)25-26-23(28)17-9-6-10-18(14-17)30-3/h6,9-10,14-15H,4-5,7-8,11-13H2,1-3H3,(H,26,28)/b25-19+. The van der Waals surface area contributed by atoms with Gasteiger partial charge in [0.05, 0.1) is 12.8 Å². The van der Waals surface area contributed by atoms with E-state index < -0.39 is 0 Å². The largest absolute Gasteiger partial charge is 0.497 e. The topological polar surface area (TPSA) is 84.1 Å². The van der Waals surface area contributed by atoms with Gasteiger partial charge < -0.3 is 14.1 Å². The van der Waals surface area contributed by atoms with Crippen LogP contribution in [0.15, 0.2) is 33.8 Å². The van der Waals surface area contributed by atoms with Crippen LogP contribution in [0.4, 0.5) is 0 Å². The fraction of sp³-hybridized carbons (Fsp3) is 0.458. The monoisotopic (exact) mass is 423 g/mol. The fourth-order valence-electron chi connectivity index (χ4n) is 4.46. The average molecular weight is 424 g/mol. The Balaban J connectivity index is 1.57. The van der Waals surface area contributed by atoms with E-state index >= 15 is 0 Å². The van der Waals surface area contributed by atoms with Crippen LogP contribution in [0.5, 0.6) is 5.75 Å². The lowest BCUT2D eigenvalue weighted by molar-refractivity contribution is 0.0600. The number of aryl methyl sites for hydroxylation is 1. The fourth-order valence-corrected chi connectivity index (χ4v) is 4.46. The summed E-state index contributed by atoms with van der Waals surface area (Å²) in [6, 6.07) is 7.15. The molecule has 1 unspecified atom stereocenters. The summed E-state index contributed by atoms with van der Waals surface area (Å²) in [4.78, 5) is 27.6. The molecule has 7 heteroatoms. The number of piperidine rings is 1. The number of furan rings is 1. The number of methoxy groups -OCH3 is 1. The maximum Gasteiger partial charge on any atom is 0.290 e. The molecule has 2 heterocycles. The Hall–Kier alpha value is -3.09. The van der Waals surface area contributed by atoms with Crippen molar-refractivity contribution in [2.45, 2.75) is 58.4 Å². The molecule has 1 aromatic carbocycles. The molecule has 2 amide bonds. The quantitative estimate of drug-likeness (QED) is 0.751. The lowest BCUT2D eigenvalue weighted by Crippen LogP contribution is -2.42. The van der Waals surface area contributed by atoms with Gasteiger partial charge in [-0.2, -0.15) is 5.10 Å². The first-order chi connectivity index (χ1) is 15.0. The lowest BCUT2D eigenvalue weighted by Gasteiger charge is -2.32. The van der Waals surface area contributed by atoms with E-state index in [1.165, 1.54) is 0 Å². The summed E-state index contributed by atoms with van der Waals surface area (Å²) in [6.07, 6.45) is 5.55. The number of fused-ring (bicyclic) bond motifs is 1. The third-order valence-electron chi connectivity index (χ3n) is 6.21. The van der Waals surface area contributed by atoms with Gasteiger partial charge in [-0.3, -0.25) is 9.59 Å². The van der Waals surface area contributed by atoms with Gasteiger partial charge in [-0.15, -0.1) is 0 Å². The van der Waals surface area contributed by atoms with Crippen molar-refractivity contribution >= 4 is 17.5 Å². The van der Waals surface area contributed by atoms with Crippen molar-refractivity contribution in [1.82, 2.24) is 10.3 Å². The predicted octanol–water partition coefficient (Wildman–Crippen LogP) is 4.08. The molecule has 7 nitrogen and oxygen atoms in total. The van der Waals surface area contributed by atoms with E-state index in [-0.39, 0.29) is 17.9 Å². The molecule has 164 valence electrons. The van der Waals surface area contributed by atoms with Gasteiger partial charge in [0.1, 0.15) is 11.5 Å². The molecular weight excluding hydrogens is 394 g/mol. The highest BCUT2D eigenvalue weighted by Crippen LogP contribution is 2.31. The minimum atomic E-state index is -0.307. The summed E-state index contributed by atoms with van der Waals surface area (Å²) in [5.41, 5.74) is 5.56. The number of rotatable bonds is 4. The number of nitrogens with zero attached hydrogens (tertiary/aromatic N) is 2. The second kappa shape index (κ2) is 8.96. The molecule has 1 saturated heterocycles. The first kappa shape index (κ1) is 21.2. The molecule has 0 spiro atoms. The van der Waals surface area contributed by atoms with Gasteiger partial charge in [-0.05, 0) is 64.2 Å². The van der Waals surface area contributed by atoms with Crippen LogP contribution >= 0.6 is 0 Å². The molecule has 1 aromatic heterocycles. The van der Waals surface area contributed by atoms with Gasteiger partial charge in [-0.1, -0.05) is 6.07 Å². The normalized spacial score (nSPS) is 19.8. The van der Waals surface area contributed by atoms with E-state index in [1.54, 1.807) is 31.4 Å². The molecule has 1 fully saturated rings. The van der Waals surface area contributed by atoms with Crippen molar-refractivity contribution in [3.8, 4) is 5.75 Å². The van der Waals surface area contributed by atoms with Gasteiger partial charge in [0.15, 0.2) is 5.76 Å². The Morgan fingerprint density at radius 1 is 1.23 bits per heavy atom. The van der Waals surface area contributed by atoms with E-state index in [4.69, 9.17) is 9.15 Å².